The van der Waals surface area contributed by atoms with Crippen LogP contribution in [0, 0.1) is 0 Å². The fourth-order valence-corrected chi connectivity index (χ4v) is 5.79. The van der Waals surface area contributed by atoms with Crippen molar-refractivity contribution in [1.82, 2.24) is 25.4 Å². The zero-order valence-electron chi connectivity index (χ0n) is 23.8. The monoisotopic (exact) mass is 574 g/mol. The number of fused-ring (bicyclic) bond motifs is 1. The Morgan fingerprint density at radius 3 is 2.45 bits per heavy atom. The number of urea groups is 2. The molecule has 1 aliphatic heterocycles. The van der Waals surface area contributed by atoms with Crippen LogP contribution in [0.25, 0.3) is 10.9 Å². The summed E-state index contributed by atoms with van der Waals surface area (Å²) in [5, 5.41) is 9.72. The predicted octanol–water partition coefficient (Wildman–Crippen LogP) is 3.63. The lowest BCUT2D eigenvalue weighted by molar-refractivity contribution is -0.145. The highest BCUT2D eigenvalue weighted by Gasteiger charge is 2.39. The maximum Gasteiger partial charge on any atom is 0.328 e. The SMILES string of the molecule is COC(=O)[C@@H](Cc1c[nH]c2ccccc12)NC(=O)[C@@H]1CN(C(=O)Nc2ccccc2)CCN1C(=O)NC1CCCCC1. The van der Waals surface area contributed by atoms with Gasteiger partial charge in [0.05, 0.1) is 13.7 Å². The van der Waals surface area contributed by atoms with Gasteiger partial charge in [0.1, 0.15) is 12.1 Å². The van der Waals surface area contributed by atoms with E-state index in [1.807, 2.05) is 48.7 Å². The molecular weight excluding hydrogens is 536 g/mol. The Labute approximate surface area is 245 Å². The number of nitrogens with zero attached hydrogens (tertiary/aromatic N) is 2. The Bertz CT molecular complexity index is 1400. The molecule has 2 fully saturated rings. The summed E-state index contributed by atoms with van der Waals surface area (Å²) in [6, 6.07) is 14.1. The summed E-state index contributed by atoms with van der Waals surface area (Å²) < 4.78 is 5.03. The van der Waals surface area contributed by atoms with Crippen LogP contribution >= 0.6 is 0 Å². The van der Waals surface area contributed by atoms with Crippen LogP contribution in [0.2, 0.25) is 0 Å². The first-order valence-electron chi connectivity index (χ1n) is 14.5. The molecule has 2 heterocycles. The first-order valence-corrected chi connectivity index (χ1v) is 14.5. The molecule has 42 heavy (non-hydrogen) atoms. The van der Waals surface area contributed by atoms with Crippen LogP contribution in [0.15, 0.2) is 60.8 Å². The van der Waals surface area contributed by atoms with Crippen molar-refractivity contribution in [1.29, 1.82) is 0 Å². The van der Waals surface area contributed by atoms with Gasteiger partial charge in [-0.3, -0.25) is 4.79 Å². The zero-order valence-corrected chi connectivity index (χ0v) is 23.8. The van der Waals surface area contributed by atoms with Gasteiger partial charge in [0.25, 0.3) is 0 Å². The number of para-hydroxylation sites is 2. The molecule has 0 unspecified atom stereocenters. The quantitative estimate of drug-likeness (QED) is 0.320. The van der Waals surface area contributed by atoms with E-state index in [-0.39, 0.29) is 44.2 Å². The lowest BCUT2D eigenvalue weighted by atomic mass is 9.95. The first-order chi connectivity index (χ1) is 20.4. The van der Waals surface area contributed by atoms with Crippen molar-refractivity contribution in [3.05, 3.63) is 66.4 Å². The molecule has 11 nitrogen and oxygen atoms in total. The number of aromatic nitrogens is 1. The van der Waals surface area contributed by atoms with Crippen molar-refractivity contribution < 1.29 is 23.9 Å². The Morgan fingerprint density at radius 2 is 1.69 bits per heavy atom. The van der Waals surface area contributed by atoms with Crippen LogP contribution in [-0.2, 0) is 20.7 Å². The third-order valence-corrected chi connectivity index (χ3v) is 8.09. The number of hydrogen-bond donors (Lipinski definition) is 4. The smallest absolute Gasteiger partial charge is 0.328 e. The van der Waals surface area contributed by atoms with Crippen LogP contribution in [0.4, 0.5) is 15.3 Å². The molecule has 2 atom stereocenters. The fourth-order valence-electron chi connectivity index (χ4n) is 5.79. The Hall–Kier alpha value is -4.54. The molecule has 2 aliphatic rings. The highest BCUT2D eigenvalue weighted by Crippen LogP contribution is 2.21. The molecule has 1 aliphatic carbocycles. The highest BCUT2D eigenvalue weighted by molar-refractivity contribution is 5.94. The van der Waals surface area contributed by atoms with Gasteiger partial charge in [0, 0.05) is 48.3 Å². The Morgan fingerprint density at radius 1 is 0.952 bits per heavy atom. The largest absolute Gasteiger partial charge is 0.467 e. The van der Waals surface area contributed by atoms with Crippen LogP contribution in [0.3, 0.4) is 0 Å². The number of ether oxygens (including phenoxy) is 1. The molecule has 0 spiro atoms. The number of benzene rings is 2. The van der Waals surface area contributed by atoms with Crippen molar-refractivity contribution in [3.63, 3.8) is 0 Å². The van der Waals surface area contributed by atoms with Gasteiger partial charge in [0.15, 0.2) is 0 Å². The number of amides is 5. The molecule has 5 rings (SSSR count). The lowest BCUT2D eigenvalue weighted by Gasteiger charge is -2.41. The molecule has 3 aromatic rings. The Balaban J connectivity index is 1.34. The maximum atomic E-state index is 13.8. The van der Waals surface area contributed by atoms with E-state index in [4.69, 9.17) is 4.74 Å². The van der Waals surface area contributed by atoms with Gasteiger partial charge in [-0.05, 0) is 36.6 Å². The number of carbonyl (C=O) groups is 4. The highest BCUT2D eigenvalue weighted by atomic mass is 16.5. The van der Waals surface area contributed by atoms with E-state index in [0.29, 0.717) is 5.69 Å². The minimum Gasteiger partial charge on any atom is -0.467 e. The Kier molecular flexibility index (Phi) is 9.25. The van der Waals surface area contributed by atoms with E-state index in [1.165, 1.54) is 16.9 Å². The summed E-state index contributed by atoms with van der Waals surface area (Å²) in [5.74, 6) is -1.12. The fraction of sp³-hybridized carbons (Fsp3) is 0.419. The molecule has 0 radical (unpaired) electrons. The molecule has 0 bridgehead atoms. The van der Waals surface area contributed by atoms with Gasteiger partial charge in [-0.15, -0.1) is 0 Å². The molecule has 11 heteroatoms. The summed E-state index contributed by atoms with van der Waals surface area (Å²) >= 11 is 0. The second kappa shape index (κ2) is 13.4. The number of piperazine rings is 1. The van der Waals surface area contributed by atoms with E-state index in [1.54, 1.807) is 12.1 Å². The normalized spacial score (nSPS) is 18.3. The van der Waals surface area contributed by atoms with Crippen LogP contribution in [-0.4, -0.2) is 83.6 Å². The predicted molar refractivity (Wildman–Crippen MR) is 159 cm³/mol. The van der Waals surface area contributed by atoms with Crippen LogP contribution < -0.4 is 16.0 Å². The molecule has 222 valence electrons. The van der Waals surface area contributed by atoms with Gasteiger partial charge in [-0.1, -0.05) is 55.7 Å². The number of anilines is 1. The number of rotatable bonds is 7. The van der Waals surface area contributed by atoms with Gasteiger partial charge in [-0.25, -0.2) is 14.4 Å². The number of H-pyrrole nitrogens is 1. The van der Waals surface area contributed by atoms with Crippen LogP contribution in [0.5, 0.6) is 0 Å². The third-order valence-electron chi connectivity index (χ3n) is 8.09. The summed E-state index contributed by atoms with van der Waals surface area (Å²) in [6.07, 6.45) is 7.06. The number of hydrogen-bond acceptors (Lipinski definition) is 5. The second-order valence-corrected chi connectivity index (χ2v) is 10.9. The minimum atomic E-state index is -1.00. The van der Waals surface area contributed by atoms with Crippen molar-refractivity contribution in [2.45, 2.75) is 56.7 Å². The standard InChI is InChI=1S/C31H38N6O5/c1-42-29(39)26(18-21-19-32-25-15-9-8-14-24(21)25)35-28(38)27-20-36(30(40)33-22-10-4-2-5-11-22)16-17-37(27)31(41)34-23-12-6-3-7-13-23/h2,4-5,8-11,14-15,19,23,26-27,32H,3,6-7,12-13,16-18,20H2,1H3,(H,33,40)(H,34,41)(H,35,38)/t26-,27+/m1/s1. The lowest BCUT2D eigenvalue weighted by Crippen LogP contribution is -2.65. The molecular formula is C31H38N6O5. The number of methoxy groups -OCH3 is 1. The molecule has 2 aromatic carbocycles. The van der Waals surface area contributed by atoms with Crippen molar-refractivity contribution in [2.24, 2.45) is 0 Å². The second-order valence-electron chi connectivity index (χ2n) is 10.9. The van der Waals surface area contributed by atoms with Crippen molar-refractivity contribution in [2.75, 3.05) is 32.1 Å². The first kappa shape index (κ1) is 29.0. The van der Waals surface area contributed by atoms with Crippen molar-refractivity contribution >= 4 is 40.5 Å². The summed E-state index contributed by atoms with van der Waals surface area (Å²) in [5.41, 5.74) is 2.39. The summed E-state index contributed by atoms with van der Waals surface area (Å²) in [4.78, 5) is 59.4. The number of nitrogens with one attached hydrogen (secondary N) is 4. The third kappa shape index (κ3) is 6.84. The molecule has 1 saturated heterocycles. The van der Waals surface area contributed by atoms with Gasteiger partial charge in [-0.2, -0.15) is 0 Å². The van der Waals surface area contributed by atoms with E-state index >= 15 is 0 Å². The van der Waals surface area contributed by atoms with E-state index in [9.17, 15) is 19.2 Å². The average molecular weight is 575 g/mol. The molecule has 1 saturated carbocycles. The summed E-state index contributed by atoms with van der Waals surface area (Å²) in [7, 11) is 1.27. The van der Waals surface area contributed by atoms with E-state index < -0.39 is 24.0 Å². The van der Waals surface area contributed by atoms with Gasteiger partial charge in [0.2, 0.25) is 5.91 Å². The van der Waals surface area contributed by atoms with Crippen LogP contribution in [0.1, 0.15) is 37.7 Å². The number of carbonyl (C=O) groups excluding carboxylic acids is 4. The van der Waals surface area contributed by atoms with E-state index in [2.05, 4.69) is 20.9 Å². The topological polar surface area (TPSA) is 136 Å². The molecule has 1 aromatic heterocycles. The average Bonchev–Trinajstić information content (AvgIpc) is 3.43. The molecule has 4 N–H and O–H groups in total. The minimum absolute atomic E-state index is 0.0242. The maximum absolute atomic E-state index is 13.8. The zero-order chi connectivity index (χ0) is 29.5. The number of esters is 1. The molecule has 5 amide bonds. The van der Waals surface area contributed by atoms with E-state index in [0.717, 1.165) is 48.6 Å². The van der Waals surface area contributed by atoms with Gasteiger partial charge < -0.3 is 35.5 Å². The summed E-state index contributed by atoms with van der Waals surface area (Å²) in [6.45, 7) is 0.407. The van der Waals surface area contributed by atoms with Crippen molar-refractivity contribution in [3.8, 4) is 0 Å². The van der Waals surface area contributed by atoms with Gasteiger partial charge >= 0.3 is 18.0 Å². The number of aromatic amines is 1.